The minimum Gasteiger partial charge on any atom is -0.377 e. The average Bonchev–Trinajstić information content (AvgIpc) is 3.08. The van der Waals surface area contributed by atoms with E-state index < -0.39 is 0 Å². The van der Waals surface area contributed by atoms with Crippen LogP contribution in [-0.2, 0) is 17.8 Å². The maximum absolute atomic E-state index is 5.87. The van der Waals surface area contributed by atoms with Crippen LogP contribution in [0.25, 0.3) is 0 Å². The van der Waals surface area contributed by atoms with Gasteiger partial charge < -0.3 is 9.64 Å². The van der Waals surface area contributed by atoms with Crippen LogP contribution in [0.1, 0.15) is 29.5 Å². The topological polar surface area (TPSA) is 28.6 Å². The second-order valence-electron chi connectivity index (χ2n) is 7.21. The molecule has 1 aliphatic rings. The maximum Gasteiger partial charge on any atom is 0.127 e. The largest absolute Gasteiger partial charge is 0.377 e. The highest BCUT2D eigenvalue weighted by Crippen LogP contribution is 2.18. The van der Waals surface area contributed by atoms with Crippen molar-refractivity contribution in [3.05, 3.63) is 59.3 Å². The summed E-state index contributed by atoms with van der Waals surface area (Å²) in [5, 5.41) is 0. The molecule has 1 aliphatic heterocycles. The van der Waals surface area contributed by atoms with E-state index in [9.17, 15) is 0 Å². The number of nitrogens with zero attached hydrogens (tertiary/aromatic N) is 3. The second-order valence-corrected chi connectivity index (χ2v) is 7.21. The van der Waals surface area contributed by atoms with Gasteiger partial charge in [-0.25, -0.2) is 4.98 Å². The van der Waals surface area contributed by atoms with Gasteiger partial charge in [-0.2, -0.15) is 0 Å². The molecule has 134 valence electrons. The Morgan fingerprint density at radius 1 is 1.12 bits per heavy atom. The third-order valence-corrected chi connectivity index (χ3v) is 4.65. The van der Waals surface area contributed by atoms with Crippen molar-refractivity contribution in [1.82, 2.24) is 9.88 Å². The molecule has 0 N–H and O–H groups in total. The van der Waals surface area contributed by atoms with Crippen LogP contribution in [0.2, 0.25) is 0 Å². The number of hydrogen-bond donors (Lipinski definition) is 0. The monoisotopic (exact) mass is 339 g/mol. The maximum atomic E-state index is 5.87. The molecule has 2 heterocycles. The Morgan fingerprint density at radius 3 is 2.60 bits per heavy atom. The van der Waals surface area contributed by atoms with Crippen LogP contribution in [-0.4, -0.2) is 43.2 Å². The molecule has 0 radical (unpaired) electrons. The quantitative estimate of drug-likeness (QED) is 0.770. The van der Waals surface area contributed by atoms with Crippen molar-refractivity contribution in [3.63, 3.8) is 0 Å². The first-order chi connectivity index (χ1) is 12.1. The summed E-state index contributed by atoms with van der Waals surface area (Å²) in [5.74, 6) is 0.994. The first-order valence-electron chi connectivity index (χ1n) is 9.12. The molecule has 0 aliphatic carbocycles. The Hall–Kier alpha value is -1.91. The Bertz CT molecular complexity index is 663. The standard InChI is InChI=1S/C21H29N3O/c1-17-6-4-7-18(12-17)14-24(16-20-8-5-11-25-20)15-19-9-10-21(22-13-19)23(2)3/h4,6-7,9-10,12-13,20H,5,8,11,14-16H2,1-3H3. The van der Waals surface area contributed by atoms with Crippen molar-refractivity contribution in [2.45, 2.75) is 39.0 Å². The van der Waals surface area contributed by atoms with E-state index in [1.807, 2.05) is 25.2 Å². The molecule has 1 unspecified atom stereocenters. The van der Waals surface area contributed by atoms with E-state index in [2.05, 4.69) is 53.2 Å². The summed E-state index contributed by atoms with van der Waals surface area (Å²) >= 11 is 0. The second kappa shape index (κ2) is 8.45. The van der Waals surface area contributed by atoms with Crippen LogP contribution in [0.5, 0.6) is 0 Å². The van der Waals surface area contributed by atoms with Crippen LogP contribution in [0, 0.1) is 6.92 Å². The molecule has 4 heteroatoms. The smallest absolute Gasteiger partial charge is 0.127 e. The van der Waals surface area contributed by atoms with Gasteiger partial charge in [0.2, 0.25) is 0 Å². The van der Waals surface area contributed by atoms with E-state index in [-0.39, 0.29) is 0 Å². The number of aryl methyl sites for hydroxylation is 1. The van der Waals surface area contributed by atoms with E-state index in [0.717, 1.165) is 32.1 Å². The van der Waals surface area contributed by atoms with Crippen molar-refractivity contribution in [2.24, 2.45) is 0 Å². The molecule has 1 aromatic carbocycles. The van der Waals surface area contributed by atoms with Gasteiger partial charge in [0.05, 0.1) is 6.10 Å². The molecule has 25 heavy (non-hydrogen) atoms. The molecule has 0 spiro atoms. The SMILES string of the molecule is Cc1cccc(CN(Cc2ccc(N(C)C)nc2)CC2CCCO2)c1. The zero-order chi connectivity index (χ0) is 17.6. The van der Waals surface area contributed by atoms with Gasteiger partial charge >= 0.3 is 0 Å². The van der Waals surface area contributed by atoms with Crippen LogP contribution in [0.15, 0.2) is 42.6 Å². The first-order valence-corrected chi connectivity index (χ1v) is 9.12. The number of aromatic nitrogens is 1. The molecule has 0 amide bonds. The number of hydrogen-bond acceptors (Lipinski definition) is 4. The number of ether oxygens (including phenoxy) is 1. The van der Waals surface area contributed by atoms with Gasteiger partial charge in [0.1, 0.15) is 5.82 Å². The summed E-state index contributed by atoms with van der Waals surface area (Å²) in [4.78, 5) is 9.06. The molecule has 4 nitrogen and oxygen atoms in total. The molecule has 3 rings (SSSR count). The minimum absolute atomic E-state index is 0.360. The molecule has 1 fully saturated rings. The van der Waals surface area contributed by atoms with Crippen molar-refractivity contribution >= 4 is 5.82 Å². The van der Waals surface area contributed by atoms with Crippen LogP contribution in [0.4, 0.5) is 5.82 Å². The predicted molar refractivity (Wildman–Crippen MR) is 103 cm³/mol. The Morgan fingerprint density at radius 2 is 1.96 bits per heavy atom. The average molecular weight is 339 g/mol. The van der Waals surface area contributed by atoms with Crippen LogP contribution >= 0.6 is 0 Å². The molecule has 2 aromatic rings. The van der Waals surface area contributed by atoms with E-state index in [1.54, 1.807) is 0 Å². The summed E-state index contributed by atoms with van der Waals surface area (Å²) in [6.45, 7) is 5.87. The summed E-state index contributed by atoms with van der Waals surface area (Å²) < 4.78 is 5.87. The number of anilines is 1. The third kappa shape index (κ3) is 5.28. The molecule has 0 bridgehead atoms. The molecule has 1 atom stereocenters. The van der Waals surface area contributed by atoms with E-state index in [1.165, 1.54) is 29.5 Å². The minimum atomic E-state index is 0.360. The Balaban J connectivity index is 1.70. The van der Waals surface area contributed by atoms with Gasteiger partial charge in [-0.05, 0) is 37.0 Å². The Labute approximate surface area is 151 Å². The molecule has 1 saturated heterocycles. The third-order valence-electron chi connectivity index (χ3n) is 4.65. The van der Waals surface area contributed by atoms with Crippen molar-refractivity contribution in [3.8, 4) is 0 Å². The first kappa shape index (κ1) is 17.9. The lowest BCUT2D eigenvalue weighted by molar-refractivity contribution is 0.0679. The molecule has 0 saturated carbocycles. The van der Waals surface area contributed by atoms with Crippen molar-refractivity contribution < 1.29 is 4.74 Å². The van der Waals surface area contributed by atoms with E-state index in [0.29, 0.717) is 6.10 Å². The van der Waals surface area contributed by atoms with Gasteiger partial charge in [-0.15, -0.1) is 0 Å². The van der Waals surface area contributed by atoms with E-state index >= 15 is 0 Å². The lowest BCUT2D eigenvalue weighted by Crippen LogP contribution is -2.31. The van der Waals surface area contributed by atoms with Gasteiger partial charge in [0.15, 0.2) is 0 Å². The lowest BCUT2D eigenvalue weighted by atomic mass is 10.1. The van der Waals surface area contributed by atoms with Gasteiger partial charge in [-0.3, -0.25) is 4.90 Å². The highest BCUT2D eigenvalue weighted by molar-refractivity contribution is 5.37. The van der Waals surface area contributed by atoms with Crippen LogP contribution in [0.3, 0.4) is 0 Å². The van der Waals surface area contributed by atoms with Gasteiger partial charge in [0.25, 0.3) is 0 Å². The normalized spacial score (nSPS) is 17.2. The summed E-state index contributed by atoms with van der Waals surface area (Å²) in [5.41, 5.74) is 3.92. The molecular formula is C21H29N3O. The number of rotatable bonds is 7. The fourth-order valence-electron chi connectivity index (χ4n) is 3.36. The van der Waals surface area contributed by atoms with Crippen LogP contribution < -0.4 is 4.90 Å². The highest BCUT2D eigenvalue weighted by atomic mass is 16.5. The fraction of sp³-hybridized carbons (Fsp3) is 0.476. The molecular weight excluding hydrogens is 310 g/mol. The predicted octanol–water partition coefficient (Wildman–Crippen LogP) is 3.64. The molecule has 1 aromatic heterocycles. The van der Waals surface area contributed by atoms with Gasteiger partial charge in [-0.1, -0.05) is 35.9 Å². The summed E-state index contributed by atoms with van der Waals surface area (Å²) in [6.07, 6.45) is 4.71. The fourth-order valence-corrected chi connectivity index (χ4v) is 3.36. The van der Waals surface area contributed by atoms with E-state index in [4.69, 9.17) is 4.74 Å². The lowest BCUT2D eigenvalue weighted by Gasteiger charge is -2.25. The number of benzene rings is 1. The highest BCUT2D eigenvalue weighted by Gasteiger charge is 2.19. The Kier molecular flexibility index (Phi) is 6.05. The zero-order valence-corrected chi connectivity index (χ0v) is 15.6. The van der Waals surface area contributed by atoms with Gasteiger partial charge in [0, 0.05) is 46.5 Å². The summed E-state index contributed by atoms with van der Waals surface area (Å²) in [7, 11) is 4.03. The number of pyridine rings is 1. The summed E-state index contributed by atoms with van der Waals surface area (Å²) in [6, 6.07) is 13.0. The van der Waals surface area contributed by atoms with Crippen molar-refractivity contribution in [2.75, 3.05) is 32.1 Å². The zero-order valence-electron chi connectivity index (χ0n) is 15.6. The van der Waals surface area contributed by atoms with Crippen molar-refractivity contribution in [1.29, 1.82) is 0 Å².